The van der Waals surface area contributed by atoms with Crippen LogP contribution in [-0.4, -0.2) is 62.6 Å². The lowest BCUT2D eigenvalue weighted by molar-refractivity contribution is -0.127. The maximum absolute atomic E-state index is 13.1. The van der Waals surface area contributed by atoms with Crippen LogP contribution in [0.2, 0.25) is 0 Å². The third-order valence-corrected chi connectivity index (χ3v) is 5.91. The van der Waals surface area contributed by atoms with Gasteiger partial charge in [-0.2, -0.15) is 0 Å². The standard InChI is InChI=1S/C20H29BrN4O4/c1-12(11-22)24(4)17(26)14-9-16-13(8-15(14)21)10-20(2,3)18(27)25(16)7-6-23-19(28)29-5/h8-9,12H,6-7,10-11,22H2,1-5H3,(H,23,28)/t12-/m1/s1. The molecule has 9 heteroatoms. The quantitative estimate of drug-likeness (QED) is 0.665. The van der Waals surface area contributed by atoms with Crippen molar-refractivity contribution in [1.29, 1.82) is 0 Å². The van der Waals surface area contributed by atoms with E-state index in [-0.39, 0.29) is 30.9 Å². The number of halogens is 1. The summed E-state index contributed by atoms with van der Waals surface area (Å²) < 4.78 is 5.26. The van der Waals surface area contributed by atoms with Crippen LogP contribution in [0.4, 0.5) is 10.5 Å². The second-order valence-electron chi connectivity index (χ2n) is 7.90. The molecule has 0 saturated heterocycles. The zero-order chi connectivity index (χ0) is 21.9. The average molecular weight is 469 g/mol. The van der Waals surface area contributed by atoms with Crippen LogP contribution in [-0.2, 0) is 16.0 Å². The predicted molar refractivity (Wildman–Crippen MR) is 115 cm³/mol. The number of nitrogens with zero attached hydrogens (tertiary/aromatic N) is 2. The van der Waals surface area contributed by atoms with E-state index in [0.717, 1.165) is 5.56 Å². The van der Waals surface area contributed by atoms with E-state index in [2.05, 4.69) is 26.0 Å². The topological polar surface area (TPSA) is 105 Å². The number of likely N-dealkylation sites (N-methyl/N-ethyl adjacent to an activating group) is 1. The third-order valence-electron chi connectivity index (χ3n) is 5.26. The number of alkyl carbamates (subject to hydrolysis) is 1. The van der Waals surface area contributed by atoms with E-state index in [1.54, 1.807) is 22.9 Å². The summed E-state index contributed by atoms with van der Waals surface area (Å²) >= 11 is 3.51. The fraction of sp³-hybridized carbons (Fsp3) is 0.550. The van der Waals surface area contributed by atoms with Gasteiger partial charge in [0.1, 0.15) is 0 Å². The Morgan fingerprint density at radius 3 is 2.66 bits per heavy atom. The maximum atomic E-state index is 13.1. The van der Waals surface area contributed by atoms with Gasteiger partial charge in [0.15, 0.2) is 0 Å². The number of methoxy groups -OCH3 is 1. The van der Waals surface area contributed by atoms with Crippen LogP contribution in [0, 0.1) is 5.41 Å². The number of rotatable bonds is 6. The number of hydrogen-bond donors (Lipinski definition) is 2. The normalized spacial score (nSPS) is 16.1. The number of amides is 3. The van der Waals surface area contributed by atoms with Gasteiger partial charge in [-0.1, -0.05) is 13.8 Å². The van der Waals surface area contributed by atoms with Crippen molar-refractivity contribution in [1.82, 2.24) is 10.2 Å². The summed E-state index contributed by atoms with van der Waals surface area (Å²) in [5.41, 5.74) is 7.21. The van der Waals surface area contributed by atoms with Crippen molar-refractivity contribution in [2.45, 2.75) is 33.2 Å². The molecule has 3 amide bonds. The number of carbonyl (C=O) groups is 3. The van der Waals surface area contributed by atoms with E-state index in [9.17, 15) is 14.4 Å². The van der Waals surface area contributed by atoms with Gasteiger partial charge in [0.2, 0.25) is 5.91 Å². The highest BCUT2D eigenvalue weighted by molar-refractivity contribution is 9.10. The summed E-state index contributed by atoms with van der Waals surface area (Å²) in [5.74, 6) is -0.233. The van der Waals surface area contributed by atoms with Gasteiger partial charge in [0.25, 0.3) is 5.91 Å². The lowest BCUT2D eigenvalue weighted by Crippen LogP contribution is -2.49. The highest BCUT2D eigenvalue weighted by Crippen LogP contribution is 2.40. The molecule has 0 bridgehead atoms. The molecule has 2 rings (SSSR count). The molecule has 0 fully saturated rings. The van der Waals surface area contributed by atoms with Crippen molar-refractivity contribution in [3.8, 4) is 0 Å². The van der Waals surface area contributed by atoms with Crippen molar-refractivity contribution in [3.05, 3.63) is 27.7 Å². The minimum absolute atomic E-state index is 0.0546. The molecule has 0 spiro atoms. The lowest BCUT2D eigenvalue weighted by Gasteiger charge is -2.39. The molecule has 3 N–H and O–H groups in total. The van der Waals surface area contributed by atoms with Gasteiger partial charge < -0.3 is 25.6 Å². The monoisotopic (exact) mass is 468 g/mol. The zero-order valence-electron chi connectivity index (χ0n) is 17.5. The van der Waals surface area contributed by atoms with Crippen LogP contribution in [0.1, 0.15) is 36.7 Å². The largest absolute Gasteiger partial charge is 0.453 e. The van der Waals surface area contributed by atoms with Gasteiger partial charge in [0, 0.05) is 48.3 Å². The number of fused-ring (bicyclic) bond motifs is 1. The smallest absolute Gasteiger partial charge is 0.406 e. The minimum atomic E-state index is -0.589. The van der Waals surface area contributed by atoms with Crippen molar-refractivity contribution < 1.29 is 19.1 Å². The average Bonchev–Trinajstić information content (AvgIpc) is 2.68. The van der Waals surface area contributed by atoms with E-state index in [1.807, 2.05) is 26.8 Å². The Bertz CT molecular complexity index is 812. The first-order chi connectivity index (χ1) is 13.5. The molecule has 0 radical (unpaired) electrons. The first kappa shape index (κ1) is 23.2. The molecule has 1 aromatic carbocycles. The highest BCUT2D eigenvalue weighted by atomic mass is 79.9. The third kappa shape index (κ3) is 4.90. The van der Waals surface area contributed by atoms with Crippen LogP contribution in [0.3, 0.4) is 0 Å². The number of hydrogen-bond acceptors (Lipinski definition) is 5. The van der Waals surface area contributed by atoms with Crippen LogP contribution in [0.25, 0.3) is 0 Å². The van der Waals surface area contributed by atoms with E-state index in [1.165, 1.54) is 7.11 Å². The summed E-state index contributed by atoms with van der Waals surface area (Å²) in [7, 11) is 2.99. The van der Waals surface area contributed by atoms with E-state index < -0.39 is 11.5 Å². The van der Waals surface area contributed by atoms with Crippen molar-refractivity contribution in [2.24, 2.45) is 11.1 Å². The van der Waals surface area contributed by atoms with Gasteiger partial charge in [-0.25, -0.2) is 4.79 Å². The van der Waals surface area contributed by atoms with Crippen molar-refractivity contribution >= 4 is 39.5 Å². The molecule has 1 aliphatic heterocycles. The Labute approximate surface area is 179 Å². The number of nitrogens with one attached hydrogen (secondary N) is 1. The van der Waals surface area contributed by atoms with Crippen LogP contribution < -0.4 is 16.0 Å². The summed E-state index contributed by atoms with van der Waals surface area (Å²) in [6.45, 7) is 6.52. The number of nitrogens with two attached hydrogens (primary N) is 1. The Morgan fingerprint density at radius 1 is 1.41 bits per heavy atom. The second-order valence-corrected chi connectivity index (χ2v) is 8.75. The zero-order valence-corrected chi connectivity index (χ0v) is 19.1. The first-order valence-corrected chi connectivity index (χ1v) is 10.3. The van der Waals surface area contributed by atoms with E-state index in [0.29, 0.717) is 28.7 Å². The fourth-order valence-electron chi connectivity index (χ4n) is 3.30. The number of ether oxygens (including phenoxy) is 1. The SMILES string of the molecule is COC(=O)NCCN1C(=O)C(C)(C)Cc2cc(Br)c(C(=O)N(C)[C@H](C)CN)cc21. The van der Waals surface area contributed by atoms with Crippen LogP contribution in [0.15, 0.2) is 16.6 Å². The molecule has 0 aromatic heterocycles. The van der Waals surface area contributed by atoms with E-state index >= 15 is 0 Å². The number of carbonyl (C=O) groups excluding carboxylic acids is 3. The van der Waals surface area contributed by atoms with Gasteiger partial charge in [-0.15, -0.1) is 0 Å². The summed E-state index contributed by atoms with van der Waals surface area (Å²) in [4.78, 5) is 40.6. The van der Waals surface area contributed by atoms with Crippen molar-refractivity contribution in [3.63, 3.8) is 0 Å². The second kappa shape index (κ2) is 9.13. The van der Waals surface area contributed by atoms with Gasteiger partial charge >= 0.3 is 6.09 Å². The molecule has 29 heavy (non-hydrogen) atoms. The van der Waals surface area contributed by atoms with E-state index in [4.69, 9.17) is 5.73 Å². The fourth-order valence-corrected chi connectivity index (χ4v) is 3.86. The molecular weight excluding hydrogens is 440 g/mol. The van der Waals surface area contributed by atoms with Gasteiger partial charge in [-0.05, 0) is 47.0 Å². The Morgan fingerprint density at radius 2 is 2.07 bits per heavy atom. The molecular formula is C20H29BrN4O4. The number of benzene rings is 1. The molecule has 1 aromatic rings. The van der Waals surface area contributed by atoms with Crippen LogP contribution in [0.5, 0.6) is 0 Å². The highest BCUT2D eigenvalue weighted by Gasteiger charge is 2.39. The molecule has 0 saturated carbocycles. The van der Waals surface area contributed by atoms with Gasteiger partial charge in [-0.3, -0.25) is 9.59 Å². The molecule has 1 heterocycles. The molecule has 0 unspecified atom stereocenters. The predicted octanol–water partition coefficient (Wildman–Crippen LogP) is 2.14. The minimum Gasteiger partial charge on any atom is -0.453 e. The summed E-state index contributed by atoms with van der Waals surface area (Å²) in [5, 5.41) is 2.59. The lowest BCUT2D eigenvalue weighted by atomic mass is 9.80. The number of anilines is 1. The molecule has 1 atom stereocenters. The van der Waals surface area contributed by atoms with Crippen molar-refractivity contribution in [2.75, 3.05) is 38.7 Å². The summed E-state index contributed by atoms with van der Waals surface area (Å²) in [6, 6.07) is 3.52. The molecule has 8 nitrogen and oxygen atoms in total. The Hall–Kier alpha value is -2.13. The van der Waals surface area contributed by atoms with Gasteiger partial charge in [0.05, 0.1) is 12.7 Å². The summed E-state index contributed by atoms with van der Waals surface area (Å²) in [6.07, 6.45) is 0.00234. The first-order valence-electron chi connectivity index (χ1n) is 9.47. The molecule has 0 aliphatic carbocycles. The Balaban J connectivity index is 2.42. The maximum Gasteiger partial charge on any atom is 0.406 e. The Kier molecular flexibility index (Phi) is 7.29. The molecule has 160 valence electrons. The van der Waals surface area contributed by atoms with Crippen LogP contribution >= 0.6 is 15.9 Å². The molecule has 1 aliphatic rings.